The van der Waals surface area contributed by atoms with E-state index >= 15 is 0 Å². The number of ether oxygens (including phenoxy) is 1. The molecule has 4 heteroatoms. The van der Waals surface area contributed by atoms with Crippen LogP contribution in [-0.4, -0.2) is 23.7 Å². The lowest BCUT2D eigenvalue weighted by molar-refractivity contribution is -0.153. The van der Waals surface area contributed by atoms with Crippen molar-refractivity contribution >= 4 is 11.9 Å². The van der Waals surface area contributed by atoms with Gasteiger partial charge in [0.1, 0.15) is 0 Å². The van der Waals surface area contributed by atoms with Gasteiger partial charge < -0.3 is 9.84 Å². The molecule has 0 heterocycles. The predicted octanol–water partition coefficient (Wildman–Crippen LogP) is 9.41. The molecule has 1 N–H and O–H groups in total. The first-order valence-corrected chi connectivity index (χ1v) is 14.6. The molecule has 0 radical (unpaired) electrons. The molecule has 0 rings (SSSR count). The van der Waals surface area contributed by atoms with E-state index in [4.69, 9.17) is 9.84 Å². The highest BCUT2D eigenvalue weighted by Gasteiger charge is 2.22. The van der Waals surface area contributed by atoms with E-state index < -0.39 is 11.9 Å². The average molecular weight is 481 g/mol. The number of unbranched alkanes of at least 4 members (excludes halogenated alkanes) is 17. The molecule has 0 spiro atoms. The molecule has 34 heavy (non-hydrogen) atoms. The quantitative estimate of drug-likeness (QED) is 0.0760. The molecule has 1 atom stereocenters. The van der Waals surface area contributed by atoms with Gasteiger partial charge in [0.25, 0.3) is 0 Å². The van der Waals surface area contributed by atoms with Gasteiger partial charge in [0, 0.05) is 0 Å². The normalized spacial score (nSPS) is 12.3. The van der Waals surface area contributed by atoms with E-state index in [-0.39, 0.29) is 12.4 Å². The lowest BCUT2D eigenvalue weighted by Gasteiger charge is -2.13. The number of aliphatic carboxylic acids is 1. The Kier molecular flexibility index (Phi) is 25.3. The van der Waals surface area contributed by atoms with Crippen molar-refractivity contribution < 1.29 is 19.4 Å². The minimum absolute atomic E-state index is 0.127. The molecule has 0 aromatic rings. The van der Waals surface area contributed by atoms with Gasteiger partial charge in [0.2, 0.25) is 0 Å². The second-order valence-electron chi connectivity index (χ2n) is 9.96. The number of carboxylic acids is 1. The third-order valence-corrected chi connectivity index (χ3v) is 6.52. The fourth-order valence-corrected chi connectivity index (χ4v) is 4.36. The molecule has 0 aliphatic rings. The number of carbonyl (C=O) groups excluding carboxylic acids is 1. The molecule has 4 nitrogen and oxygen atoms in total. The van der Waals surface area contributed by atoms with Crippen LogP contribution in [0.15, 0.2) is 12.2 Å². The third kappa shape index (κ3) is 23.8. The number of hydrogen-bond acceptors (Lipinski definition) is 3. The standard InChI is InChI=1S/C30H56O4/c1-3-5-6-7-8-9-10-11-12-13-14-15-16-17-18-19-20-21-22-23-24-25-28(27-29(31)32)30(33)34-26-4-2/h20-21,28H,3-19,22-27H2,1-2H3,(H,31,32)/b21-20+. The van der Waals surface area contributed by atoms with Crippen molar-refractivity contribution in [2.75, 3.05) is 6.61 Å². The van der Waals surface area contributed by atoms with Crippen LogP contribution in [-0.2, 0) is 14.3 Å². The first kappa shape index (κ1) is 32.7. The van der Waals surface area contributed by atoms with Gasteiger partial charge in [-0.05, 0) is 38.5 Å². The van der Waals surface area contributed by atoms with Crippen LogP contribution in [0.1, 0.15) is 155 Å². The van der Waals surface area contributed by atoms with Crippen LogP contribution in [0.2, 0.25) is 0 Å². The zero-order chi connectivity index (χ0) is 25.1. The molecule has 0 aliphatic carbocycles. The number of carbonyl (C=O) groups is 2. The Bertz CT molecular complexity index is 486. The first-order valence-electron chi connectivity index (χ1n) is 14.6. The van der Waals surface area contributed by atoms with E-state index in [1.54, 1.807) is 0 Å². The van der Waals surface area contributed by atoms with Gasteiger partial charge in [0.15, 0.2) is 0 Å². The summed E-state index contributed by atoms with van der Waals surface area (Å²) >= 11 is 0. The predicted molar refractivity (Wildman–Crippen MR) is 144 cm³/mol. The van der Waals surface area contributed by atoms with Crippen LogP contribution >= 0.6 is 0 Å². The van der Waals surface area contributed by atoms with Crippen LogP contribution in [0.5, 0.6) is 0 Å². The fraction of sp³-hybridized carbons (Fsp3) is 0.867. The molecule has 1 unspecified atom stereocenters. The second kappa shape index (κ2) is 26.3. The molecule has 0 aromatic heterocycles. The molecule has 0 saturated carbocycles. The van der Waals surface area contributed by atoms with E-state index in [1.807, 2.05) is 6.92 Å². The number of allylic oxidation sites excluding steroid dienone is 2. The first-order chi connectivity index (χ1) is 16.6. The maximum absolute atomic E-state index is 12.0. The highest BCUT2D eigenvalue weighted by Crippen LogP contribution is 2.17. The largest absolute Gasteiger partial charge is 0.481 e. The molecular formula is C30H56O4. The Morgan fingerprint density at radius 2 is 1.09 bits per heavy atom. The summed E-state index contributed by atoms with van der Waals surface area (Å²) in [5.41, 5.74) is 0. The molecule has 0 bridgehead atoms. The molecule has 0 aromatic carbocycles. The summed E-state index contributed by atoms with van der Waals surface area (Å²) in [5, 5.41) is 9.01. The number of hydrogen-bond donors (Lipinski definition) is 1. The summed E-state index contributed by atoms with van der Waals surface area (Å²) in [5.74, 6) is -1.79. The van der Waals surface area contributed by atoms with Crippen molar-refractivity contribution in [1.29, 1.82) is 0 Å². The van der Waals surface area contributed by atoms with Crippen LogP contribution in [0.4, 0.5) is 0 Å². The topological polar surface area (TPSA) is 63.6 Å². The van der Waals surface area contributed by atoms with Gasteiger partial charge >= 0.3 is 11.9 Å². The summed E-state index contributed by atoms with van der Waals surface area (Å²) in [6.45, 7) is 4.59. The van der Waals surface area contributed by atoms with Gasteiger partial charge in [-0.2, -0.15) is 0 Å². The zero-order valence-electron chi connectivity index (χ0n) is 22.7. The number of carboxylic acid groups (broad SMARTS) is 1. The minimum atomic E-state index is -0.929. The van der Waals surface area contributed by atoms with E-state index in [0.29, 0.717) is 13.0 Å². The van der Waals surface area contributed by atoms with E-state index in [2.05, 4.69) is 19.1 Å². The second-order valence-corrected chi connectivity index (χ2v) is 9.96. The molecule has 200 valence electrons. The van der Waals surface area contributed by atoms with Crippen molar-refractivity contribution in [3.05, 3.63) is 12.2 Å². The summed E-state index contributed by atoms with van der Waals surface area (Å²) in [6.07, 6.45) is 30.8. The monoisotopic (exact) mass is 480 g/mol. The maximum Gasteiger partial charge on any atom is 0.309 e. The van der Waals surface area contributed by atoms with Crippen LogP contribution in [0, 0.1) is 5.92 Å². The highest BCUT2D eigenvalue weighted by molar-refractivity contribution is 5.79. The van der Waals surface area contributed by atoms with Crippen molar-refractivity contribution in [3.63, 3.8) is 0 Å². The Labute approximate surface area is 211 Å². The zero-order valence-corrected chi connectivity index (χ0v) is 22.7. The van der Waals surface area contributed by atoms with Crippen molar-refractivity contribution in [2.45, 2.75) is 155 Å². The molecule has 0 aliphatic heterocycles. The van der Waals surface area contributed by atoms with E-state index in [9.17, 15) is 9.59 Å². The molecule has 0 saturated heterocycles. The Hall–Kier alpha value is -1.32. The Balaban J connectivity index is 3.46. The average Bonchev–Trinajstić information content (AvgIpc) is 2.82. The Morgan fingerprint density at radius 1 is 0.647 bits per heavy atom. The molecule has 0 amide bonds. The van der Waals surface area contributed by atoms with Crippen molar-refractivity contribution in [2.24, 2.45) is 5.92 Å². The van der Waals surface area contributed by atoms with Crippen LogP contribution in [0.3, 0.4) is 0 Å². The lowest BCUT2D eigenvalue weighted by Crippen LogP contribution is -2.21. The SMILES string of the molecule is CCCCCCCCCCCCCCCCC/C=C/CCCCC(CC(=O)O)C(=O)OCCC. The van der Waals surface area contributed by atoms with Crippen LogP contribution < -0.4 is 0 Å². The fourth-order valence-electron chi connectivity index (χ4n) is 4.36. The van der Waals surface area contributed by atoms with Gasteiger partial charge in [0.05, 0.1) is 18.9 Å². The summed E-state index contributed by atoms with van der Waals surface area (Å²) in [4.78, 5) is 23.0. The summed E-state index contributed by atoms with van der Waals surface area (Å²) < 4.78 is 5.14. The van der Waals surface area contributed by atoms with Crippen molar-refractivity contribution in [1.82, 2.24) is 0 Å². The molecular weight excluding hydrogens is 424 g/mol. The summed E-state index contributed by atoms with van der Waals surface area (Å²) in [7, 11) is 0. The van der Waals surface area contributed by atoms with E-state index in [0.717, 1.165) is 32.1 Å². The maximum atomic E-state index is 12.0. The van der Waals surface area contributed by atoms with Crippen molar-refractivity contribution in [3.8, 4) is 0 Å². The van der Waals surface area contributed by atoms with Crippen LogP contribution in [0.25, 0.3) is 0 Å². The third-order valence-electron chi connectivity index (χ3n) is 6.52. The lowest BCUT2D eigenvalue weighted by atomic mass is 9.98. The Morgan fingerprint density at radius 3 is 1.53 bits per heavy atom. The van der Waals surface area contributed by atoms with Gasteiger partial charge in [-0.1, -0.05) is 122 Å². The minimum Gasteiger partial charge on any atom is -0.481 e. The molecule has 0 fully saturated rings. The number of esters is 1. The smallest absolute Gasteiger partial charge is 0.309 e. The van der Waals surface area contributed by atoms with E-state index in [1.165, 1.54) is 96.3 Å². The number of rotatable bonds is 26. The summed E-state index contributed by atoms with van der Waals surface area (Å²) in [6, 6.07) is 0. The highest BCUT2D eigenvalue weighted by atomic mass is 16.5. The van der Waals surface area contributed by atoms with Gasteiger partial charge in [-0.25, -0.2) is 0 Å². The van der Waals surface area contributed by atoms with Gasteiger partial charge in [-0.15, -0.1) is 0 Å². The van der Waals surface area contributed by atoms with Gasteiger partial charge in [-0.3, -0.25) is 9.59 Å².